The number of thioether (sulfide) groups is 1. The van der Waals surface area contributed by atoms with E-state index in [0.29, 0.717) is 5.75 Å². The van der Waals surface area contributed by atoms with Crippen molar-refractivity contribution in [2.75, 3.05) is 25.0 Å². The molecule has 0 spiro atoms. The fourth-order valence-electron chi connectivity index (χ4n) is 3.25. The van der Waals surface area contributed by atoms with Crippen LogP contribution in [0.3, 0.4) is 0 Å². The summed E-state index contributed by atoms with van der Waals surface area (Å²) in [6.07, 6.45) is 2.69. The van der Waals surface area contributed by atoms with Crippen LogP contribution in [-0.4, -0.2) is 47.3 Å². The molecular weight excluding hydrogens is 350 g/mol. The van der Waals surface area contributed by atoms with Crippen LogP contribution >= 0.6 is 11.8 Å². The monoisotopic (exact) mass is 369 g/mol. The van der Waals surface area contributed by atoms with Crippen LogP contribution in [-0.2, 0) is 4.79 Å². The molecule has 3 heterocycles. The summed E-state index contributed by atoms with van der Waals surface area (Å²) in [6, 6.07) is 13.4. The second-order valence-corrected chi connectivity index (χ2v) is 7.42. The fraction of sp³-hybridized carbons (Fsp3) is 0.316. The van der Waals surface area contributed by atoms with Crippen molar-refractivity contribution < 1.29 is 14.3 Å². The number of hydrogen-bond donors (Lipinski definition) is 0. The topological polar surface area (TPSA) is 62.7 Å². The predicted molar refractivity (Wildman–Crippen MR) is 100 cm³/mol. The Kier molecular flexibility index (Phi) is 4.55. The van der Waals surface area contributed by atoms with E-state index in [-0.39, 0.29) is 17.3 Å². The Morgan fingerprint density at radius 2 is 1.96 bits per heavy atom. The molecular formula is C19H19N3O3S. The van der Waals surface area contributed by atoms with Crippen LogP contribution in [0.5, 0.6) is 5.75 Å². The van der Waals surface area contributed by atoms with Gasteiger partial charge in [-0.3, -0.25) is 14.5 Å². The van der Waals surface area contributed by atoms with E-state index in [0.717, 1.165) is 42.7 Å². The minimum atomic E-state index is -0.531. The number of ether oxygens (including phenoxy) is 1. The molecule has 2 saturated heterocycles. The number of anilines is 1. The first kappa shape index (κ1) is 16.9. The van der Waals surface area contributed by atoms with Gasteiger partial charge in [-0.1, -0.05) is 24.3 Å². The van der Waals surface area contributed by atoms with E-state index >= 15 is 0 Å². The highest BCUT2D eigenvalue weighted by Crippen LogP contribution is 2.42. The van der Waals surface area contributed by atoms with Crippen LogP contribution in [0.1, 0.15) is 17.2 Å². The molecule has 2 aliphatic rings. The summed E-state index contributed by atoms with van der Waals surface area (Å²) in [4.78, 5) is 31.9. The Hall–Kier alpha value is -2.54. The molecule has 7 heteroatoms. The van der Waals surface area contributed by atoms with Gasteiger partial charge in [-0.05, 0) is 30.0 Å². The van der Waals surface area contributed by atoms with Crippen LogP contribution in [0.25, 0.3) is 0 Å². The highest BCUT2D eigenvalue weighted by atomic mass is 32.2. The lowest BCUT2D eigenvalue weighted by atomic mass is 10.1. The lowest BCUT2D eigenvalue weighted by molar-refractivity contribution is -0.125. The molecule has 1 aromatic heterocycles. The number of aromatic nitrogens is 1. The number of nitrogens with zero attached hydrogens (tertiary/aromatic N) is 3. The van der Waals surface area contributed by atoms with Crippen LogP contribution in [0.2, 0.25) is 0 Å². The second-order valence-electron chi connectivity index (χ2n) is 6.36. The van der Waals surface area contributed by atoms with Crippen LogP contribution < -0.4 is 9.64 Å². The van der Waals surface area contributed by atoms with Gasteiger partial charge in [0.25, 0.3) is 5.24 Å². The maximum atomic E-state index is 12.4. The minimum Gasteiger partial charge on any atom is -0.488 e. The number of imide groups is 1. The zero-order valence-electron chi connectivity index (χ0n) is 14.4. The van der Waals surface area contributed by atoms with Gasteiger partial charge in [0.1, 0.15) is 22.9 Å². The molecule has 2 atom stereocenters. The standard InChI is InChI=1S/C19H19N3O3S/c1-21-18(23)17(26-19(21)24)14-6-2-3-7-15(14)25-13-9-11-22(12-13)16-8-4-5-10-20-16/h2-8,10,13,17H,9,11-12H2,1H3/t13-,17?/m0/s1. The molecule has 1 unspecified atom stereocenters. The first-order valence-corrected chi connectivity index (χ1v) is 9.41. The third kappa shape index (κ3) is 3.14. The molecule has 2 amide bonds. The summed E-state index contributed by atoms with van der Waals surface area (Å²) < 4.78 is 6.22. The van der Waals surface area contributed by atoms with Gasteiger partial charge in [0.05, 0.1) is 6.54 Å². The van der Waals surface area contributed by atoms with Gasteiger partial charge in [0.2, 0.25) is 5.91 Å². The van der Waals surface area contributed by atoms with Crippen molar-refractivity contribution in [3.05, 3.63) is 54.2 Å². The summed E-state index contributed by atoms with van der Waals surface area (Å²) >= 11 is 1.04. The van der Waals surface area contributed by atoms with Gasteiger partial charge in [-0.15, -0.1) is 0 Å². The maximum Gasteiger partial charge on any atom is 0.289 e. The molecule has 4 rings (SSSR count). The summed E-state index contributed by atoms with van der Waals surface area (Å²) in [7, 11) is 1.52. The molecule has 0 radical (unpaired) electrons. The number of carbonyl (C=O) groups is 2. The van der Waals surface area contributed by atoms with Gasteiger partial charge in [-0.2, -0.15) is 0 Å². The molecule has 2 aromatic rings. The van der Waals surface area contributed by atoms with Crippen LogP contribution in [0, 0.1) is 0 Å². The zero-order valence-corrected chi connectivity index (χ0v) is 15.2. The van der Waals surface area contributed by atoms with E-state index in [1.807, 2.05) is 42.5 Å². The molecule has 0 saturated carbocycles. The van der Waals surface area contributed by atoms with Crippen molar-refractivity contribution in [1.29, 1.82) is 0 Å². The Labute approximate surface area is 156 Å². The van der Waals surface area contributed by atoms with Crippen molar-refractivity contribution in [3.8, 4) is 5.75 Å². The van der Waals surface area contributed by atoms with E-state index in [1.54, 1.807) is 6.20 Å². The second kappa shape index (κ2) is 6.99. The summed E-state index contributed by atoms with van der Waals surface area (Å²) in [6.45, 7) is 1.62. The minimum absolute atomic E-state index is 0.0214. The summed E-state index contributed by atoms with van der Waals surface area (Å²) in [5.74, 6) is 1.42. The highest BCUT2D eigenvalue weighted by molar-refractivity contribution is 8.15. The number of hydrogen-bond acceptors (Lipinski definition) is 6. The molecule has 6 nitrogen and oxygen atoms in total. The summed E-state index contributed by atoms with van der Waals surface area (Å²) in [5, 5.41) is -0.756. The number of likely N-dealkylation sites (N-methyl/N-ethyl adjacent to an activating group) is 1. The third-order valence-electron chi connectivity index (χ3n) is 4.66. The average Bonchev–Trinajstić information content (AvgIpc) is 3.23. The normalized spacial score (nSPS) is 23.0. The Bertz CT molecular complexity index is 830. The van der Waals surface area contributed by atoms with E-state index < -0.39 is 5.25 Å². The number of amides is 2. The van der Waals surface area contributed by atoms with Crippen molar-refractivity contribution in [1.82, 2.24) is 9.88 Å². The van der Waals surface area contributed by atoms with Gasteiger partial charge in [0.15, 0.2) is 0 Å². The quantitative estimate of drug-likeness (QED) is 0.825. The first-order valence-electron chi connectivity index (χ1n) is 8.53. The Morgan fingerprint density at radius 1 is 1.15 bits per heavy atom. The molecule has 0 bridgehead atoms. The predicted octanol–water partition coefficient (Wildman–Crippen LogP) is 3.11. The van der Waals surface area contributed by atoms with Gasteiger partial charge >= 0.3 is 0 Å². The number of benzene rings is 1. The Balaban J connectivity index is 1.50. The molecule has 2 fully saturated rings. The van der Waals surface area contributed by atoms with Gasteiger partial charge in [0, 0.05) is 31.8 Å². The summed E-state index contributed by atoms with van der Waals surface area (Å²) in [5.41, 5.74) is 0.761. The third-order valence-corrected chi connectivity index (χ3v) is 5.83. The number of para-hydroxylation sites is 1. The average molecular weight is 369 g/mol. The molecule has 0 N–H and O–H groups in total. The zero-order chi connectivity index (χ0) is 18.1. The SMILES string of the molecule is CN1C(=O)SC(c2ccccc2O[C@H]2CCN(c3ccccn3)C2)C1=O. The lowest BCUT2D eigenvalue weighted by Crippen LogP contribution is -2.26. The first-order chi connectivity index (χ1) is 12.6. The van der Waals surface area contributed by atoms with Crippen molar-refractivity contribution >= 4 is 28.7 Å². The fourth-order valence-corrected chi connectivity index (χ4v) is 4.28. The molecule has 2 aliphatic heterocycles. The van der Waals surface area contributed by atoms with E-state index in [2.05, 4.69) is 9.88 Å². The number of pyridine rings is 1. The van der Waals surface area contributed by atoms with Crippen LogP contribution in [0.4, 0.5) is 10.6 Å². The maximum absolute atomic E-state index is 12.4. The lowest BCUT2D eigenvalue weighted by Gasteiger charge is -2.20. The van der Waals surface area contributed by atoms with Gasteiger partial charge < -0.3 is 9.64 Å². The molecule has 1 aromatic carbocycles. The van der Waals surface area contributed by atoms with Crippen molar-refractivity contribution in [2.24, 2.45) is 0 Å². The van der Waals surface area contributed by atoms with Crippen molar-refractivity contribution in [3.63, 3.8) is 0 Å². The van der Waals surface area contributed by atoms with Gasteiger partial charge in [-0.25, -0.2) is 4.98 Å². The molecule has 26 heavy (non-hydrogen) atoms. The molecule has 134 valence electrons. The smallest absolute Gasteiger partial charge is 0.289 e. The van der Waals surface area contributed by atoms with E-state index in [9.17, 15) is 9.59 Å². The number of carbonyl (C=O) groups excluding carboxylic acids is 2. The van der Waals surface area contributed by atoms with Crippen LogP contribution in [0.15, 0.2) is 48.7 Å². The van der Waals surface area contributed by atoms with Crippen molar-refractivity contribution in [2.45, 2.75) is 17.8 Å². The molecule has 0 aliphatic carbocycles. The number of rotatable bonds is 4. The van der Waals surface area contributed by atoms with E-state index in [4.69, 9.17) is 4.74 Å². The van der Waals surface area contributed by atoms with E-state index in [1.165, 1.54) is 11.9 Å². The highest BCUT2D eigenvalue weighted by Gasteiger charge is 2.40. The Morgan fingerprint density at radius 3 is 2.69 bits per heavy atom. The largest absolute Gasteiger partial charge is 0.488 e.